The second-order valence-corrected chi connectivity index (χ2v) is 10.5. The van der Waals surface area contributed by atoms with Crippen LogP contribution in [-0.2, 0) is 16.0 Å². The van der Waals surface area contributed by atoms with Crippen molar-refractivity contribution in [2.75, 3.05) is 33.8 Å². The number of ether oxygens (including phenoxy) is 1. The highest BCUT2D eigenvalue weighted by Crippen LogP contribution is 2.40. The third-order valence-corrected chi connectivity index (χ3v) is 7.78. The Bertz CT molecular complexity index is 961. The third-order valence-electron chi connectivity index (χ3n) is 7.78. The van der Waals surface area contributed by atoms with E-state index in [-0.39, 0.29) is 5.91 Å². The quantitative estimate of drug-likeness (QED) is 0.698. The van der Waals surface area contributed by atoms with E-state index in [2.05, 4.69) is 49.9 Å². The van der Waals surface area contributed by atoms with Gasteiger partial charge < -0.3 is 19.0 Å². The minimum atomic E-state index is 0.230. The molecule has 2 saturated carbocycles. The van der Waals surface area contributed by atoms with Crippen LogP contribution in [0.3, 0.4) is 0 Å². The van der Waals surface area contributed by atoms with E-state index in [1.165, 1.54) is 24.0 Å². The monoisotopic (exact) mass is 424 g/mol. The molecule has 1 aromatic carbocycles. The molecule has 3 aliphatic rings. The smallest absolute Gasteiger partial charge is 0.227 e. The molecule has 2 heterocycles. The minimum absolute atomic E-state index is 0.230. The fourth-order valence-corrected chi connectivity index (χ4v) is 5.89. The first-order valence-electron chi connectivity index (χ1n) is 11.9. The van der Waals surface area contributed by atoms with Gasteiger partial charge in [0.15, 0.2) is 0 Å². The van der Waals surface area contributed by atoms with Crippen molar-refractivity contribution in [2.45, 2.75) is 58.1 Å². The van der Waals surface area contributed by atoms with Gasteiger partial charge in [-0.3, -0.25) is 4.79 Å². The van der Waals surface area contributed by atoms with Crippen LogP contribution in [0.25, 0.3) is 11.0 Å². The Morgan fingerprint density at radius 3 is 2.61 bits per heavy atom. The number of furan rings is 1. The topological polar surface area (TPSA) is 45.9 Å². The summed E-state index contributed by atoms with van der Waals surface area (Å²) in [5.41, 5.74) is 4.28. The summed E-state index contributed by atoms with van der Waals surface area (Å²) in [7, 11) is 4.34. The summed E-state index contributed by atoms with van der Waals surface area (Å²) in [5, 5.41) is 1.11. The Labute approximate surface area is 185 Å². The normalized spacial score (nSPS) is 28.5. The number of amides is 1. The maximum Gasteiger partial charge on any atom is 0.227 e. The van der Waals surface area contributed by atoms with Crippen LogP contribution < -0.4 is 0 Å². The Balaban J connectivity index is 1.26. The fraction of sp³-hybridized carbons (Fsp3) is 0.654. The lowest BCUT2D eigenvalue weighted by atomic mass is 9.77. The maximum atomic E-state index is 13.2. The largest absolute Gasteiger partial charge is 0.464 e. The summed E-state index contributed by atoms with van der Waals surface area (Å²) < 4.78 is 12.2. The Hall–Kier alpha value is -1.85. The Morgan fingerprint density at radius 1 is 1.16 bits per heavy atom. The first kappa shape index (κ1) is 21.0. The molecule has 168 valence electrons. The number of likely N-dealkylation sites (tertiary alicyclic amines) is 1. The second kappa shape index (κ2) is 8.25. The van der Waals surface area contributed by atoms with Gasteiger partial charge in [0, 0.05) is 36.7 Å². The van der Waals surface area contributed by atoms with Crippen LogP contribution in [0, 0.1) is 31.6 Å². The first-order chi connectivity index (χ1) is 14.9. The molecule has 4 atom stereocenters. The predicted molar refractivity (Wildman–Crippen MR) is 122 cm³/mol. The predicted octanol–water partition coefficient (Wildman–Crippen LogP) is 4.19. The summed E-state index contributed by atoms with van der Waals surface area (Å²) in [6.07, 6.45) is 7.37. The number of hydrogen-bond donors (Lipinski definition) is 0. The van der Waals surface area contributed by atoms with E-state index in [1.54, 1.807) is 6.26 Å². The number of benzene rings is 1. The molecule has 0 N–H and O–H groups in total. The number of carbonyl (C=O) groups is 1. The van der Waals surface area contributed by atoms with E-state index in [9.17, 15) is 4.79 Å². The lowest BCUT2D eigenvalue weighted by Crippen LogP contribution is -2.48. The SMILES string of the molecule is Cc1cc(C)c2c(CC(=O)N3C[C@H]4C[C@@H](N(C)C)[C@H](OCC5CC5)C[C@H]4C3)coc2c1. The van der Waals surface area contributed by atoms with E-state index < -0.39 is 0 Å². The molecule has 0 bridgehead atoms. The van der Waals surface area contributed by atoms with E-state index in [0.29, 0.717) is 30.4 Å². The zero-order valence-corrected chi connectivity index (χ0v) is 19.4. The first-order valence-corrected chi connectivity index (χ1v) is 11.9. The molecular formula is C26H36N2O3. The van der Waals surface area contributed by atoms with Crippen molar-refractivity contribution in [3.63, 3.8) is 0 Å². The van der Waals surface area contributed by atoms with Crippen LogP contribution in [-0.4, -0.2) is 61.6 Å². The van der Waals surface area contributed by atoms with Crippen LogP contribution >= 0.6 is 0 Å². The standard InChI is InChI=1S/C26H36N2O3/c1-16-7-17(2)26-21(15-31-24(26)8-16)11-25(29)28-12-19-9-22(27(3)4)23(10-20(19)13-28)30-14-18-5-6-18/h7-8,15,18-20,22-23H,5-6,9-14H2,1-4H3/t19-,20+,22-,23-/m1/s1. The Morgan fingerprint density at radius 2 is 1.90 bits per heavy atom. The number of likely N-dealkylation sites (N-methyl/N-ethyl adjacent to an activating group) is 1. The van der Waals surface area contributed by atoms with Gasteiger partial charge in [-0.1, -0.05) is 6.07 Å². The van der Waals surface area contributed by atoms with Crippen molar-refractivity contribution in [3.8, 4) is 0 Å². The van der Waals surface area contributed by atoms with Crippen molar-refractivity contribution in [2.24, 2.45) is 17.8 Å². The summed E-state index contributed by atoms with van der Waals surface area (Å²) in [6, 6.07) is 4.68. The van der Waals surface area contributed by atoms with E-state index >= 15 is 0 Å². The molecule has 5 heteroatoms. The summed E-state index contributed by atoms with van der Waals surface area (Å²) in [4.78, 5) is 17.7. The van der Waals surface area contributed by atoms with Crippen LogP contribution in [0.2, 0.25) is 0 Å². The van der Waals surface area contributed by atoms with Crippen LogP contribution in [0.1, 0.15) is 42.4 Å². The number of nitrogens with zero attached hydrogens (tertiary/aromatic N) is 2. The van der Waals surface area contributed by atoms with Crippen molar-refractivity contribution in [1.82, 2.24) is 9.80 Å². The number of aryl methyl sites for hydroxylation is 2. The molecular weight excluding hydrogens is 388 g/mol. The van der Waals surface area contributed by atoms with Gasteiger partial charge >= 0.3 is 0 Å². The summed E-state index contributed by atoms with van der Waals surface area (Å²) in [6.45, 7) is 6.86. The number of carbonyl (C=O) groups excluding carboxylic acids is 1. The molecule has 5 nitrogen and oxygen atoms in total. The lowest BCUT2D eigenvalue weighted by Gasteiger charge is -2.41. The number of hydrogen-bond acceptors (Lipinski definition) is 4. The molecule has 2 aliphatic carbocycles. The van der Waals surface area contributed by atoms with Crippen molar-refractivity contribution >= 4 is 16.9 Å². The average Bonchev–Trinajstić information content (AvgIpc) is 3.31. The number of rotatable bonds is 6. The third kappa shape index (κ3) is 4.27. The van der Waals surface area contributed by atoms with Crippen LogP contribution in [0.5, 0.6) is 0 Å². The summed E-state index contributed by atoms with van der Waals surface area (Å²) in [5.74, 6) is 2.17. The van der Waals surface area contributed by atoms with Crippen molar-refractivity contribution in [1.29, 1.82) is 0 Å². The van der Waals surface area contributed by atoms with Gasteiger partial charge in [0.2, 0.25) is 5.91 Å². The van der Waals surface area contributed by atoms with Gasteiger partial charge in [-0.05, 0) is 88.6 Å². The van der Waals surface area contributed by atoms with Gasteiger partial charge in [0.1, 0.15) is 5.58 Å². The minimum Gasteiger partial charge on any atom is -0.464 e. The highest BCUT2D eigenvalue weighted by molar-refractivity contribution is 5.90. The molecule has 1 amide bonds. The molecule has 5 rings (SSSR count). The molecule has 1 aliphatic heterocycles. The zero-order chi connectivity index (χ0) is 21.7. The zero-order valence-electron chi connectivity index (χ0n) is 19.4. The van der Waals surface area contributed by atoms with E-state index in [1.807, 2.05) is 0 Å². The number of fused-ring (bicyclic) bond motifs is 2. The van der Waals surface area contributed by atoms with Gasteiger partial charge in [0.25, 0.3) is 0 Å². The Kier molecular flexibility index (Phi) is 5.59. The molecule has 1 aromatic heterocycles. The molecule has 2 aromatic rings. The van der Waals surface area contributed by atoms with Crippen LogP contribution in [0.15, 0.2) is 22.8 Å². The van der Waals surface area contributed by atoms with Crippen molar-refractivity contribution in [3.05, 3.63) is 35.1 Å². The lowest BCUT2D eigenvalue weighted by molar-refractivity contribution is -0.129. The summed E-state index contributed by atoms with van der Waals surface area (Å²) >= 11 is 0. The van der Waals surface area contributed by atoms with Gasteiger partial charge in [-0.25, -0.2) is 0 Å². The van der Waals surface area contributed by atoms with Crippen LogP contribution in [0.4, 0.5) is 0 Å². The molecule has 0 spiro atoms. The average molecular weight is 425 g/mol. The molecule has 0 unspecified atom stereocenters. The second-order valence-electron chi connectivity index (χ2n) is 10.5. The maximum absolute atomic E-state index is 13.2. The molecule has 3 fully saturated rings. The van der Waals surface area contributed by atoms with E-state index in [4.69, 9.17) is 9.15 Å². The van der Waals surface area contributed by atoms with Crippen molar-refractivity contribution < 1.29 is 13.9 Å². The fourth-order valence-electron chi connectivity index (χ4n) is 5.89. The van der Waals surface area contributed by atoms with E-state index in [0.717, 1.165) is 55.0 Å². The molecule has 31 heavy (non-hydrogen) atoms. The highest BCUT2D eigenvalue weighted by Gasteiger charge is 2.44. The molecule has 1 saturated heterocycles. The molecule has 0 radical (unpaired) electrons. The van der Waals surface area contributed by atoms with Gasteiger partial charge in [-0.15, -0.1) is 0 Å². The van der Waals surface area contributed by atoms with Gasteiger partial charge in [0.05, 0.1) is 18.8 Å². The highest BCUT2D eigenvalue weighted by atomic mass is 16.5. The van der Waals surface area contributed by atoms with Gasteiger partial charge in [-0.2, -0.15) is 0 Å².